The third-order valence-electron chi connectivity index (χ3n) is 10.1. The molecule has 6 heteroatoms. The molecular formula is C27H38O6. The Morgan fingerprint density at radius 1 is 1.21 bits per heavy atom. The highest BCUT2D eigenvalue weighted by Crippen LogP contribution is 2.71. The predicted molar refractivity (Wildman–Crippen MR) is 122 cm³/mol. The Hall–Kier alpha value is -1.50. The second-order valence-electron chi connectivity index (χ2n) is 12.0. The van der Waals surface area contributed by atoms with Gasteiger partial charge in [-0.3, -0.25) is 9.59 Å². The zero-order chi connectivity index (χ0) is 23.9. The Labute approximate surface area is 196 Å². The normalized spacial score (nSPS) is 46.3. The summed E-state index contributed by atoms with van der Waals surface area (Å²) in [5.74, 6) is -0.992. The SMILES string of the molecule is CC1=C[C@]23C(=O)[C@@H](C=C(CO)[C@@H](O)[C@]2(O)[C@H]1OC(=O)C1CCCCC1)C1[C@@H](C[C@H]3C)C1(C)C. The lowest BCUT2D eigenvalue weighted by Crippen LogP contribution is -2.66. The van der Waals surface area contributed by atoms with Gasteiger partial charge in [-0.2, -0.15) is 0 Å². The smallest absolute Gasteiger partial charge is 0.309 e. The van der Waals surface area contributed by atoms with E-state index in [0.29, 0.717) is 11.5 Å². The predicted octanol–water partition coefficient (Wildman–Crippen LogP) is 2.95. The minimum atomic E-state index is -2.04. The van der Waals surface area contributed by atoms with Gasteiger partial charge in [0, 0.05) is 5.92 Å². The van der Waals surface area contributed by atoms with E-state index in [2.05, 4.69) is 13.8 Å². The van der Waals surface area contributed by atoms with Crippen molar-refractivity contribution < 1.29 is 29.6 Å². The highest BCUT2D eigenvalue weighted by molar-refractivity contribution is 5.95. The number of aliphatic hydroxyl groups excluding tert-OH is 2. The first-order valence-corrected chi connectivity index (χ1v) is 12.7. The molecule has 0 radical (unpaired) electrons. The van der Waals surface area contributed by atoms with Crippen molar-refractivity contribution in [1.29, 1.82) is 0 Å². The largest absolute Gasteiger partial charge is 0.454 e. The van der Waals surface area contributed by atoms with Gasteiger partial charge in [-0.25, -0.2) is 0 Å². The Morgan fingerprint density at radius 2 is 1.88 bits per heavy atom. The van der Waals surface area contributed by atoms with Crippen LogP contribution in [0.1, 0.15) is 66.2 Å². The van der Waals surface area contributed by atoms with Crippen LogP contribution in [0.15, 0.2) is 23.3 Å². The van der Waals surface area contributed by atoms with Gasteiger partial charge in [-0.1, -0.05) is 52.2 Å². The van der Waals surface area contributed by atoms with Crippen LogP contribution in [0.3, 0.4) is 0 Å². The fourth-order valence-electron chi connectivity index (χ4n) is 8.14. The zero-order valence-corrected chi connectivity index (χ0v) is 20.2. The number of hydrogen-bond donors (Lipinski definition) is 3. The number of hydrogen-bond acceptors (Lipinski definition) is 6. The van der Waals surface area contributed by atoms with Crippen LogP contribution in [-0.4, -0.2) is 51.5 Å². The zero-order valence-electron chi connectivity index (χ0n) is 20.2. The molecule has 0 amide bonds. The summed E-state index contributed by atoms with van der Waals surface area (Å²) >= 11 is 0. The van der Waals surface area contributed by atoms with Crippen molar-refractivity contribution in [3.05, 3.63) is 23.3 Å². The van der Waals surface area contributed by atoms with Gasteiger partial charge in [0.05, 0.1) is 17.9 Å². The molecule has 5 aliphatic carbocycles. The van der Waals surface area contributed by atoms with Crippen molar-refractivity contribution in [3.8, 4) is 0 Å². The summed E-state index contributed by atoms with van der Waals surface area (Å²) in [7, 11) is 0. The Kier molecular flexibility index (Phi) is 5.28. The lowest BCUT2D eigenvalue weighted by atomic mass is 9.59. The summed E-state index contributed by atoms with van der Waals surface area (Å²) in [5.41, 5.74) is -2.56. The van der Waals surface area contributed by atoms with Crippen LogP contribution in [0.5, 0.6) is 0 Å². The van der Waals surface area contributed by atoms with Crippen molar-refractivity contribution in [3.63, 3.8) is 0 Å². The summed E-state index contributed by atoms with van der Waals surface area (Å²) in [4.78, 5) is 27.4. The Morgan fingerprint density at radius 3 is 2.52 bits per heavy atom. The fourth-order valence-corrected chi connectivity index (χ4v) is 8.14. The van der Waals surface area contributed by atoms with Crippen molar-refractivity contribution in [2.24, 2.45) is 40.4 Å². The molecule has 3 N–H and O–H groups in total. The maximum Gasteiger partial charge on any atom is 0.309 e. The second kappa shape index (κ2) is 7.50. The first-order valence-electron chi connectivity index (χ1n) is 12.7. The summed E-state index contributed by atoms with van der Waals surface area (Å²) < 4.78 is 5.98. The number of carbonyl (C=O) groups is 2. The van der Waals surface area contributed by atoms with E-state index in [9.17, 15) is 24.9 Å². The van der Waals surface area contributed by atoms with Crippen molar-refractivity contribution in [2.75, 3.05) is 6.61 Å². The number of esters is 1. The van der Waals surface area contributed by atoms with Crippen molar-refractivity contribution in [1.82, 2.24) is 0 Å². The van der Waals surface area contributed by atoms with Gasteiger partial charge < -0.3 is 20.1 Å². The fraction of sp³-hybridized carbons (Fsp3) is 0.778. The molecule has 8 atom stereocenters. The molecule has 33 heavy (non-hydrogen) atoms. The lowest BCUT2D eigenvalue weighted by molar-refractivity contribution is -0.205. The third kappa shape index (κ3) is 2.90. The number of aliphatic hydroxyl groups is 3. The molecule has 0 aromatic carbocycles. The molecule has 6 nitrogen and oxygen atoms in total. The minimum Gasteiger partial charge on any atom is -0.454 e. The maximum atomic E-state index is 14.3. The molecule has 1 spiro atoms. The molecule has 0 aromatic rings. The Bertz CT molecular complexity index is 927. The number of ketones is 1. The van der Waals surface area contributed by atoms with E-state index < -0.39 is 35.7 Å². The molecule has 3 saturated carbocycles. The van der Waals surface area contributed by atoms with Crippen LogP contribution >= 0.6 is 0 Å². The minimum absolute atomic E-state index is 0.00904. The van der Waals surface area contributed by atoms with Crippen LogP contribution in [-0.2, 0) is 14.3 Å². The maximum absolute atomic E-state index is 14.3. The summed E-state index contributed by atoms with van der Waals surface area (Å²) in [6.45, 7) is 7.63. The molecule has 5 rings (SSSR count). The molecule has 5 aliphatic rings. The van der Waals surface area contributed by atoms with Gasteiger partial charge in [0.25, 0.3) is 0 Å². The van der Waals surface area contributed by atoms with Crippen LogP contribution in [0.2, 0.25) is 0 Å². The van der Waals surface area contributed by atoms with E-state index in [-0.39, 0.29) is 40.5 Å². The molecule has 0 aliphatic heterocycles. The number of fused-ring (bicyclic) bond motifs is 3. The van der Waals surface area contributed by atoms with Gasteiger partial charge in [-0.15, -0.1) is 0 Å². The molecule has 3 fully saturated rings. The lowest BCUT2D eigenvalue weighted by Gasteiger charge is -2.49. The molecule has 2 bridgehead atoms. The second-order valence-corrected chi connectivity index (χ2v) is 12.0. The van der Waals surface area contributed by atoms with Crippen molar-refractivity contribution >= 4 is 11.8 Å². The monoisotopic (exact) mass is 458 g/mol. The molecule has 1 unspecified atom stereocenters. The van der Waals surface area contributed by atoms with E-state index in [0.717, 1.165) is 38.5 Å². The van der Waals surface area contributed by atoms with Crippen LogP contribution in [0.25, 0.3) is 0 Å². The van der Waals surface area contributed by atoms with E-state index in [4.69, 9.17) is 4.74 Å². The number of Topliss-reactive ketones (excluding diaryl/α,β-unsaturated/α-hetero) is 1. The van der Waals surface area contributed by atoms with E-state index in [1.54, 1.807) is 19.1 Å². The van der Waals surface area contributed by atoms with Crippen LogP contribution < -0.4 is 0 Å². The number of rotatable bonds is 3. The Balaban J connectivity index is 1.60. The van der Waals surface area contributed by atoms with E-state index >= 15 is 0 Å². The van der Waals surface area contributed by atoms with Gasteiger partial charge in [0.1, 0.15) is 6.10 Å². The van der Waals surface area contributed by atoms with Crippen LogP contribution in [0.4, 0.5) is 0 Å². The van der Waals surface area contributed by atoms with Crippen molar-refractivity contribution in [2.45, 2.75) is 84.0 Å². The quantitative estimate of drug-likeness (QED) is 0.444. The molecular weight excluding hydrogens is 420 g/mol. The number of ether oxygens (including phenoxy) is 1. The van der Waals surface area contributed by atoms with Gasteiger partial charge in [-0.05, 0) is 60.5 Å². The number of allylic oxidation sites excluding steroid dienone is 1. The first-order chi connectivity index (χ1) is 15.5. The molecule has 0 saturated heterocycles. The topological polar surface area (TPSA) is 104 Å². The average molecular weight is 459 g/mol. The summed E-state index contributed by atoms with van der Waals surface area (Å²) in [5, 5.41) is 34.1. The summed E-state index contributed by atoms with van der Waals surface area (Å²) in [6, 6.07) is 0. The highest BCUT2D eigenvalue weighted by atomic mass is 16.6. The van der Waals surface area contributed by atoms with Gasteiger partial charge in [0.15, 0.2) is 17.5 Å². The third-order valence-corrected chi connectivity index (χ3v) is 10.1. The highest BCUT2D eigenvalue weighted by Gasteiger charge is 2.76. The van der Waals surface area contributed by atoms with Crippen LogP contribution in [0, 0.1) is 40.4 Å². The molecule has 0 heterocycles. The van der Waals surface area contributed by atoms with Gasteiger partial charge in [0.2, 0.25) is 0 Å². The average Bonchev–Trinajstić information content (AvgIpc) is 3.28. The first kappa shape index (κ1) is 23.3. The van der Waals surface area contributed by atoms with Gasteiger partial charge >= 0.3 is 5.97 Å². The number of carbonyl (C=O) groups excluding carboxylic acids is 2. The van der Waals surface area contributed by atoms with E-state index in [1.807, 2.05) is 6.92 Å². The standard InChI is InChI=1S/C27H38O6/c1-14-12-26-15(2)10-19-20(25(19,3)4)18(22(26)30)11-17(13-28)21(29)27(26,32)23(14)33-24(31)16-8-6-5-7-9-16/h11-12,15-16,18-21,23,28-29,32H,5-10,13H2,1-4H3/t15-,18+,19-,20?,21-,23+,26+,27+/m1/s1. The summed E-state index contributed by atoms with van der Waals surface area (Å²) in [6.07, 6.45) is 6.21. The molecule has 182 valence electrons. The van der Waals surface area contributed by atoms with E-state index in [1.165, 1.54) is 0 Å². The molecule has 0 aromatic heterocycles.